The molecule has 1 fully saturated rings. The first-order valence-corrected chi connectivity index (χ1v) is 6.78. The van der Waals surface area contributed by atoms with Crippen LogP contribution in [-0.4, -0.2) is 19.1 Å². The molecule has 2 nitrogen and oxygen atoms in total. The van der Waals surface area contributed by atoms with Gasteiger partial charge in [-0.15, -0.1) is 0 Å². The smallest absolute Gasteiger partial charge is 0.0396 e. The van der Waals surface area contributed by atoms with Crippen LogP contribution in [-0.2, 0) is 12.8 Å². The number of fused-ring (bicyclic) bond motifs is 1. The van der Waals surface area contributed by atoms with Crippen LogP contribution >= 0.6 is 0 Å². The molecular weight excluding hydrogens is 208 g/mol. The fourth-order valence-electron chi connectivity index (χ4n) is 2.80. The van der Waals surface area contributed by atoms with Gasteiger partial charge in [0.2, 0.25) is 0 Å². The molecule has 0 radical (unpaired) electrons. The lowest BCUT2D eigenvalue weighted by molar-refractivity contribution is 0.608. The lowest BCUT2D eigenvalue weighted by Gasteiger charge is -2.28. The van der Waals surface area contributed by atoms with Crippen molar-refractivity contribution in [3.05, 3.63) is 29.3 Å². The van der Waals surface area contributed by atoms with Gasteiger partial charge >= 0.3 is 0 Å². The van der Waals surface area contributed by atoms with E-state index in [0.717, 1.165) is 12.8 Å². The number of rotatable bonds is 3. The predicted octanol–water partition coefficient (Wildman–Crippen LogP) is 2.49. The first-order valence-electron chi connectivity index (χ1n) is 6.78. The molecule has 17 heavy (non-hydrogen) atoms. The maximum Gasteiger partial charge on any atom is 0.0396 e. The summed E-state index contributed by atoms with van der Waals surface area (Å²) < 4.78 is 0. The first-order chi connectivity index (χ1) is 8.16. The van der Waals surface area contributed by atoms with E-state index in [1.807, 2.05) is 0 Å². The van der Waals surface area contributed by atoms with Gasteiger partial charge in [-0.3, -0.25) is 0 Å². The Labute approximate surface area is 104 Å². The SMILES string of the molecule is CN1CCCc2cc(CCC3(N)CC3)ccc21. The summed E-state index contributed by atoms with van der Waals surface area (Å²) in [6, 6.07) is 6.98. The zero-order chi connectivity index (χ0) is 11.9. The molecule has 1 aromatic rings. The third kappa shape index (κ3) is 2.32. The van der Waals surface area contributed by atoms with Crippen LogP contribution in [0.5, 0.6) is 0 Å². The van der Waals surface area contributed by atoms with E-state index < -0.39 is 0 Å². The molecule has 1 heterocycles. The van der Waals surface area contributed by atoms with Gasteiger partial charge in [0, 0.05) is 24.8 Å². The van der Waals surface area contributed by atoms with Gasteiger partial charge in [-0.1, -0.05) is 12.1 Å². The van der Waals surface area contributed by atoms with Crippen molar-refractivity contribution < 1.29 is 0 Å². The Hall–Kier alpha value is -1.02. The van der Waals surface area contributed by atoms with E-state index in [4.69, 9.17) is 5.73 Å². The van der Waals surface area contributed by atoms with Crippen molar-refractivity contribution in [2.75, 3.05) is 18.5 Å². The minimum atomic E-state index is 0.187. The summed E-state index contributed by atoms with van der Waals surface area (Å²) in [5.41, 5.74) is 10.8. The van der Waals surface area contributed by atoms with Gasteiger partial charge in [0.05, 0.1) is 0 Å². The number of hydrogen-bond acceptors (Lipinski definition) is 2. The van der Waals surface area contributed by atoms with Crippen molar-refractivity contribution in [2.45, 2.75) is 44.1 Å². The van der Waals surface area contributed by atoms with E-state index in [1.165, 1.54) is 49.0 Å². The maximum atomic E-state index is 6.15. The summed E-state index contributed by atoms with van der Waals surface area (Å²) in [7, 11) is 2.19. The molecule has 3 rings (SSSR count). The number of aryl methyl sites for hydroxylation is 2. The number of benzene rings is 1. The van der Waals surface area contributed by atoms with Crippen molar-refractivity contribution in [3.8, 4) is 0 Å². The van der Waals surface area contributed by atoms with Crippen LogP contribution in [0, 0.1) is 0 Å². The minimum absolute atomic E-state index is 0.187. The maximum absolute atomic E-state index is 6.15. The highest BCUT2D eigenvalue weighted by Crippen LogP contribution is 2.37. The molecule has 2 aliphatic rings. The molecule has 0 saturated heterocycles. The second-order valence-electron chi connectivity index (χ2n) is 5.85. The van der Waals surface area contributed by atoms with Gasteiger partial charge in [-0.25, -0.2) is 0 Å². The van der Waals surface area contributed by atoms with Crippen molar-refractivity contribution in [1.82, 2.24) is 0 Å². The van der Waals surface area contributed by atoms with E-state index in [0.29, 0.717) is 0 Å². The third-order valence-corrected chi connectivity index (χ3v) is 4.30. The molecule has 2 heteroatoms. The number of nitrogens with two attached hydrogens (primary N) is 1. The first kappa shape index (κ1) is 11.1. The lowest BCUT2D eigenvalue weighted by Crippen LogP contribution is -2.25. The molecule has 1 saturated carbocycles. The second kappa shape index (κ2) is 4.02. The molecule has 0 aromatic heterocycles. The average Bonchev–Trinajstić information content (AvgIpc) is 3.06. The zero-order valence-electron chi connectivity index (χ0n) is 10.7. The summed E-state index contributed by atoms with van der Waals surface area (Å²) in [4.78, 5) is 2.37. The highest BCUT2D eigenvalue weighted by atomic mass is 15.1. The fraction of sp³-hybridized carbons (Fsp3) is 0.600. The molecule has 0 bridgehead atoms. The lowest BCUT2D eigenvalue weighted by atomic mass is 9.96. The molecule has 0 amide bonds. The van der Waals surface area contributed by atoms with Crippen molar-refractivity contribution in [2.24, 2.45) is 5.73 Å². The van der Waals surface area contributed by atoms with Crippen LogP contribution < -0.4 is 10.6 Å². The number of anilines is 1. The molecule has 1 aliphatic carbocycles. The Morgan fingerprint density at radius 1 is 1.35 bits per heavy atom. The molecule has 92 valence electrons. The largest absolute Gasteiger partial charge is 0.374 e. The predicted molar refractivity (Wildman–Crippen MR) is 72.5 cm³/mol. The van der Waals surface area contributed by atoms with E-state index in [9.17, 15) is 0 Å². The van der Waals surface area contributed by atoms with E-state index in [1.54, 1.807) is 0 Å². The molecule has 0 spiro atoms. The highest BCUT2D eigenvalue weighted by Gasteiger charge is 2.37. The second-order valence-corrected chi connectivity index (χ2v) is 5.85. The summed E-state index contributed by atoms with van der Waals surface area (Å²) >= 11 is 0. The number of nitrogens with zero attached hydrogens (tertiary/aromatic N) is 1. The minimum Gasteiger partial charge on any atom is -0.374 e. The van der Waals surface area contributed by atoms with E-state index >= 15 is 0 Å². The van der Waals surface area contributed by atoms with Gasteiger partial charge in [0.1, 0.15) is 0 Å². The van der Waals surface area contributed by atoms with Gasteiger partial charge in [-0.2, -0.15) is 0 Å². The summed E-state index contributed by atoms with van der Waals surface area (Å²) in [6.45, 7) is 1.19. The Bertz CT molecular complexity index is 421. The third-order valence-electron chi connectivity index (χ3n) is 4.30. The van der Waals surface area contributed by atoms with Crippen LogP contribution in [0.15, 0.2) is 18.2 Å². The van der Waals surface area contributed by atoms with Crippen LogP contribution in [0.2, 0.25) is 0 Å². The van der Waals surface area contributed by atoms with Crippen molar-refractivity contribution in [3.63, 3.8) is 0 Å². The summed E-state index contributed by atoms with van der Waals surface area (Å²) in [5, 5.41) is 0. The standard InChI is InChI=1S/C15H22N2/c1-17-10-2-3-13-11-12(4-5-14(13)17)6-7-15(16)8-9-15/h4-5,11H,2-3,6-10,16H2,1H3. The normalized spacial score (nSPS) is 21.2. The Balaban J connectivity index is 1.73. The Morgan fingerprint density at radius 2 is 2.18 bits per heavy atom. The van der Waals surface area contributed by atoms with Crippen molar-refractivity contribution >= 4 is 5.69 Å². The molecule has 0 atom stereocenters. The quantitative estimate of drug-likeness (QED) is 0.864. The summed E-state index contributed by atoms with van der Waals surface area (Å²) in [6.07, 6.45) is 7.27. The zero-order valence-corrected chi connectivity index (χ0v) is 10.7. The molecule has 0 unspecified atom stereocenters. The van der Waals surface area contributed by atoms with Crippen LogP contribution in [0.4, 0.5) is 5.69 Å². The van der Waals surface area contributed by atoms with E-state index in [2.05, 4.69) is 30.1 Å². The topological polar surface area (TPSA) is 29.3 Å². The van der Waals surface area contributed by atoms with Gasteiger partial charge < -0.3 is 10.6 Å². The van der Waals surface area contributed by atoms with Gasteiger partial charge in [0.25, 0.3) is 0 Å². The summed E-state index contributed by atoms with van der Waals surface area (Å²) in [5.74, 6) is 0. The molecule has 1 aromatic carbocycles. The van der Waals surface area contributed by atoms with E-state index in [-0.39, 0.29) is 5.54 Å². The average molecular weight is 230 g/mol. The molecular formula is C15H22N2. The van der Waals surface area contributed by atoms with Gasteiger partial charge in [0.15, 0.2) is 0 Å². The van der Waals surface area contributed by atoms with Crippen LogP contribution in [0.3, 0.4) is 0 Å². The highest BCUT2D eigenvalue weighted by molar-refractivity contribution is 5.56. The van der Waals surface area contributed by atoms with Gasteiger partial charge in [-0.05, 0) is 55.7 Å². The molecule has 1 aliphatic heterocycles. The fourth-order valence-corrected chi connectivity index (χ4v) is 2.80. The van der Waals surface area contributed by atoms with Crippen molar-refractivity contribution in [1.29, 1.82) is 0 Å². The van der Waals surface area contributed by atoms with Crippen LogP contribution in [0.1, 0.15) is 36.8 Å². The Kier molecular flexibility index (Phi) is 2.62. The van der Waals surface area contributed by atoms with Crippen LogP contribution in [0.25, 0.3) is 0 Å². The number of hydrogen-bond donors (Lipinski definition) is 1. The molecule has 2 N–H and O–H groups in total. The Morgan fingerprint density at radius 3 is 2.94 bits per heavy atom. The monoisotopic (exact) mass is 230 g/mol.